The van der Waals surface area contributed by atoms with Crippen LogP contribution in [0.5, 0.6) is 0 Å². The lowest BCUT2D eigenvalue weighted by molar-refractivity contribution is -0.119. The fourth-order valence-corrected chi connectivity index (χ4v) is 4.64. The van der Waals surface area contributed by atoms with Crippen LogP contribution >= 0.6 is 43.5 Å². The monoisotopic (exact) mass is 507 g/mol. The number of rotatable bonds is 4. The van der Waals surface area contributed by atoms with Crippen molar-refractivity contribution in [3.63, 3.8) is 0 Å². The quantitative estimate of drug-likeness (QED) is 0.421. The van der Waals surface area contributed by atoms with Crippen LogP contribution in [0.3, 0.4) is 0 Å². The van der Waals surface area contributed by atoms with Crippen LogP contribution in [0, 0.1) is 11.3 Å². The molecule has 1 saturated carbocycles. The first kappa shape index (κ1) is 20.1. The molecular formula is C20H16Br2ClN3O. The number of benzene rings is 1. The van der Waals surface area contributed by atoms with Crippen LogP contribution in [-0.4, -0.2) is 10.9 Å². The average molecular weight is 510 g/mol. The Balaban J connectivity index is 1.91. The van der Waals surface area contributed by atoms with Crippen molar-refractivity contribution >= 4 is 55.4 Å². The molecule has 1 heterocycles. The first-order valence-electron chi connectivity index (χ1n) is 8.45. The molecular weight excluding hydrogens is 494 g/mol. The summed E-state index contributed by atoms with van der Waals surface area (Å²) >= 11 is 12.9. The summed E-state index contributed by atoms with van der Waals surface area (Å²) in [7, 11) is 0. The van der Waals surface area contributed by atoms with E-state index in [4.69, 9.17) is 11.6 Å². The van der Waals surface area contributed by atoms with Gasteiger partial charge in [0.05, 0.1) is 11.2 Å². The zero-order valence-corrected chi connectivity index (χ0v) is 18.2. The summed E-state index contributed by atoms with van der Waals surface area (Å²) in [6.07, 6.45) is 6.77. The lowest BCUT2D eigenvalue weighted by Gasteiger charge is -2.31. The summed E-state index contributed by atoms with van der Waals surface area (Å²) in [4.78, 5) is 17.1. The Hall–Kier alpha value is -1.68. The number of carbonyl (C=O) groups excluding carboxylic acids is 1. The van der Waals surface area contributed by atoms with Gasteiger partial charge in [0.1, 0.15) is 11.6 Å². The first-order chi connectivity index (χ1) is 12.9. The van der Waals surface area contributed by atoms with Crippen molar-refractivity contribution in [3.05, 3.63) is 67.3 Å². The standard InChI is InChI=1S/C20H16Br2ClN3O/c21-15-10-17(22)18(25-12-15)8-13(11-24)19(27)26-20(6-1-2-7-20)14-4-3-5-16(23)9-14/h3-5,8-10,12H,1-2,6-7H2,(H,26,27). The minimum atomic E-state index is -0.498. The van der Waals surface area contributed by atoms with Crippen LogP contribution < -0.4 is 5.32 Å². The van der Waals surface area contributed by atoms with Gasteiger partial charge in [0, 0.05) is 20.2 Å². The van der Waals surface area contributed by atoms with Crippen LogP contribution in [-0.2, 0) is 10.3 Å². The summed E-state index contributed by atoms with van der Waals surface area (Å²) < 4.78 is 1.50. The highest BCUT2D eigenvalue weighted by Crippen LogP contribution is 2.39. The molecule has 0 unspecified atom stereocenters. The lowest BCUT2D eigenvalue weighted by Crippen LogP contribution is -2.44. The molecule has 138 valence electrons. The molecule has 3 rings (SSSR count). The van der Waals surface area contributed by atoms with Crippen LogP contribution in [0.4, 0.5) is 0 Å². The molecule has 0 spiro atoms. The molecule has 4 nitrogen and oxygen atoms in total. The molecule has 1 amide bonds. The Bertz CT molecular complexity index is 946. The second-order valence-electron chi connectivity index (χ2n) is 6.44. The van der Waals surface area contributed by atoms with Crippen LogP contribution in [0.1, 0.15) is 36.9 Å². The van der Waals surface area contributed by atoms with E-state index in [1.165, 1.54) is 6.08 Å². The largest absolute Gasteiger partial charge is 0.342 e. The van der Waals surface area contributed by atoms with Crippen molar-refractivity contribution < 1.29 is 4.79 Å². The molecule has 0 bridgehead atoms. The highest BCUT2D eigenvalue weighted by Gasteiger charge is 2.37. The maximum atomic E-state index is 12.9. The van der Waals surface area contributed by atoms with Crippen LogP contribution in [0.15, 0.2) is 51.0 Å². The number of nitrogens with zero attached hydrogens (tertiary/aromatic N) is 2. The maximum Gasteiger partial charge on any atom is 0.262 e. The van der Waals surface area contributed by atoms with Gasteiger partial charge in [-0.1, -0.05) is 36.6 Å². The van der Waals surface area contributed by atoms with E-state index in [-0.39, 0.29) is 5.57 Å². The number of hydrogen-bond donors (Lipinski definition) is 1. The summed E-state index contributed by atoms with van der Waals surface area (Å²) in [5, 5.41) is 13.3. The molecule has 1 N–H and O–H groups in total. The summed E-state index contributed by atoms with van der Waals surface area (Å²) in [5.41, 5.74) is 1.01. The molecule has 1 aromatic heterocycles. The molecule has 0 atom stereocenters. The number of hydrogen-bond acceptors (Lipinski definition) is 3. The molecule has 1 aliphatic rings. The minimum Gasteiger partial charge on any atom is -0.342 e. The first-order valence-corrected chi connectivity index (χ1v) is 10.4. The highest BCUT2D eigenvalue weighted by molar-refractivity contribution is 9.11. The second kappa shape index (κ2) is 8.55. The highest BCUT2D eigenvalue weighted by atomic mass is 79.9. The number of nitrogens with one attached hydrogen (secondary N) is 1. The smallest absolute Gasteiger partial charge is 0.262 e. The van der Waals surface area contributed by atoms with E-state index in [9.17, 15) is 10.1 Å². The average Bonchev–Trinajstić information content (AvgIpc) is 3.11. The van der Waals surface area contributed by atoms with Gasteiger partial charge in [0.2, 0.25) is 0 Å². The Morgan fingerprint density at radius 2 is 2.04 bits per heavy atom. The van der Waals surface area contributed by atoms with Crippen molar-refractivity contribution in [3.8, 4) is 6.07 Å². The van der Waals surface area contributed by atoms with Gasteiger partial charge in [0.15, 0.2) is 0 Å². The fraction of sp³-hybridized carbons (Fsp3) is 0.250. The Kier molecular flexibility index (Phi) is 6.36. The molecule has 27 heavy (non-hydrogen) atoms. The molecule has 7 heteroatoms. The van der Waals surface area contributed by atoms with E-state index in [0.29, 0.717) is 15.2 Å². The van der Waals surface area contributed by atoms with Gasteiger partial charge < -0.3 is 5.32 Å². The normalized spacial score (nSPS) is 16.0. The van der Waals surface area contributed by atoms with E-state index in [2.05, 4.69) is 42.2 Å². The number of nitriles is 1. The lowest BCUT2D eigenvalue weighted by atomic mass is 9.87. The maximum absolute atomic E-state index is 12.9. The molecule has 1 aromatic carbocycles. The predicted octanol–water partition coefficient (Wildman–Crippen LogP) is 5.75. The SMILES string of the molecule is N#CC(=Cc1ncc(Br)cc1Br)C(=O)NC1(c2cccc(Cl)c2)CCCC1. The number of carbonyl (C=O) groups is 1. The second-order valence-corrected chi connectivity index (χ2v) is 8.65. The minimum absolute atomic E-state index is 0.0128. The van der Waals surface area contributed by atoms with Gasteiger partial charge in [-0.3, -0.25) is 9.78 Å². The van der Waals surface area contributed by atoms with Gasteiger partial charge in [-0.25, -0.2) is 0 Å². The summed E-state index contributed by atoms with van der Waals surface area (Å²) in [5.74, 6) is -0.406. The van der Waals surface area contributed by atoms with Crippen LogP contribution in [0.25, 0.3) is 6.08 Å². The van der Waals surface area contributed by atoms with E-state index in [0.717, 1.165) is 35.7 Å². The van der Waals surface area contributed by atoms with Crippen LogP contribution in [0.2, 0.25) is 5.02 Å². The van der Waals surface area contributed by atoms with E-state index in [1.807, 2.05) is 36.4 Å². The Morgan fingerprint density at radius 3 is 2.67 bits per heavy atom. The van der Waals surface area contributed by atoms with Crippen molar-refractivity contribution in [2.45, 2.75) is 31.2 Å². The molecule has 1 aliphatic carbocycles. The number of amides is 1. The van der Waals surface area contributed by atoms with Gasteiger partial charge in [-0.15, -0.1) is 0 Å². The van der Waals surface area contributed by atoms with Crippen molar-refractivity contribution in [1.29, 1.82) is 5.26 Å². The molecule has 0 aliphatic heterocycles. The third-order valence-corrected chi connectivity index (χ3v) is 5.97. The zero-order valence-electron chi connectivity index (χ0n) is 14.3. The third kappa shape index (κ3) is 4.60. The molecule has 0 saturated heterocycles. The number of halogens is 3. The topological polar surface area (TPSA) is 65.8 Å². The van der Waals surface area contributed by atoms with Crippen molar-refractivity contribution in [1.82, 2.24) is 10.3 Å². The van der Waals surface area contributed by atoms with Gasteiger partial charge in [-0.2, -0.15) is 5.26 Å². The molecule has 1 fully saturated rings. The van der Waals surface area contributed by atoms with Gasteiger partial charge in [-0.05, 0) is 74.5 Å². The van der Waals surface area contributed by atoms with E-state index < -0.39 is 11.4 Å². The number of aromatic nitrogens is 1. The zero-order chi connectivity index (χ0) is 19.4. The molecule has 2 aromatic rings. The van der Waals surface area contributed by atoms with Gasteiger partial charge in [0.25, 0.3) is 5.91 Å². The van der Waals surface area contributed by atoms with E-state index in [1.54, 1.807) is 6.20 Å². The predicted molar refractivity (Wildman–Crippen MR) is 113 cm³/mol. The number of pyridine rings is 1. The summed E-state index contributed by atoms with van der Waals surface area (Å²) in [6, 6.07) is 11.4. The van der Waals surface area contributed by atoms with Crippen molar-refractivity contribution in [2.24, 2.45) is 0 Å². The van der Waals surface area contributed by atoms with E-state index >= 15 is 0 Å². The fourth-order valence-electron chi connectivity index (χ4n) is 3.35. The summed E-state index contributed by atoms with van der Waals surface area (Å²) in [6.45, 7) is 0. The Morgan fingerprint density at radius 1 is 1.30 bits per heavy atom. The van der Waals surface area contributed by atoms with Gasteiger partial charge >= 0.3 is 0 Å². The Labute approximate surface area is 179 Å². The molecule has 0 radical (unpaired) electrons. The van der Waals surface area contributed by atoms with Crippen molar-refractivity contribution in [2.75, 3.05) is 0 Å². The third-order valence-electron chi connectivity index (χ3n) is 4.67.